The molecule has 0 aliphatic rings. The number of rotatable bonds is 9. The molecule has 2 heterocycles. The summed E-state index contributed by atoms with van der Waals surface area (Å²) in [7, 11) is 1.64. The fourth-order valence-electron chi connectivity index (χ4n) is 3.63. The fraction of sp³-hybridized carbons (Fsp3) is 0.200. The summed E-state index contributed by atoms with van der Waals surface area (Å²) in [6, 6.07) is 19.4. The van der Waals surface area contributed by atoms with Crippen molar-refractivity contribution in [2.24, 2.45) is 0 Å². The summed E-state index contributed by atoms with van der Waals surface area (Å²) in [6.07, 6.45) is 2.37. The molecular weight excluding hydrogens is 406 g/mol. The predicted octanol–water partition coefficient (Wildman–Crippen LogP) is 3.80. The molecular formula is C25H25N3O4. The maximum absolute atomic E-state index is 12.4. The molecule has 0 saturated carbocycles. The van der Waals surface area contributed by atoms with Crippen LogP contribution in [0.2, 0.25) is 0 Å². The molecule has 7 nitrogen and oxygen atoms in total. The molecule has 0 saturated heterocycles. The van der Waals surface area contributed by atoms with E-state index in [1.54, 1.807) is 25.5 Å². The largest absolute Gasteiger partial charge is 0.497 e. The molecule has 2 aromatic heterocycles. The molecule has 4 rings (SSSR count). The van der Waals surface area contributed by atoms with Crippen LogP contribution in [0.1, 0.15) is 17.7 Å². The van der Waals surface area contributed by atoms with Gasteiger partial charge in [-0.15, -0.1) is 0 Å². The Labute approximate surface area is 185 Å². The molecule has 0 aliphatic heterocycles. The van der Waals surface area contributed by atoms with E-state index >= 15 is 0 Å². The predicted molar refractivity (Wildman–Crippen MR) is 122 cm³/mol. The highest BCUT2D eigenvalue weighted by atomic mass is 16.5. The van der Waals surface area contributed by atoms with Crippen LogP contribution in [0.15, 0.2) is 71.3 Å². The van der Waals surface area contributed by atoms with Crippen molar-refractivity contribution < 1.29 is 18.7 Å². The van der Waals surface area contributed by atoms with Crippen molar-refractivity contribution in [1.82, 2.24) is 15.6 Å². The number of hydrogen-bond donors (Lipinski definition) is 3. The fourth-order valence-corrected chi connectivity index (χ4v) is 3.63. The Hall–Kier alpha value is -4.00. The lowest BCUT2D eigenvalue weighted by Gasteiger charge is -2.08. The Morgan fingerprint density at radius 1 is 0.969 bits per heavy atom. The molecule has 0 aliphatic carbocycles. The van der Waals surface area contributed by atoms with Gasteiger partial charge in [0.2, 0.25) is 11.8 Å². The van der Waals surface area contributed by atoms with Gasteiger partial charge in [-0.1, -0.05) is 18.2 Å². The molecule has 4 aromatic rings. The monoisotopic (exact) mass is 431 g/mol. The Morgan fingerprint density at radius 2 is 1.78 bits per heavy atom. The van der Waals surface area contributed by atoms with Crippen LogP contribution >= 0.6 is 0 Å². The van der Waals surface area contributed by atoms with Gasteiger partial charge < -0.3 is 24.8 Å². The van der Waals surface area contributed by atoms with Crippen LogP contribution in [0.4, 0.5) is 0 Å². The normalized spacial score (nSPS) is 10.8. The molecule has 0 unspecified atom stereocenters. The maximum atomic E-state index is 12.4. The third-order valence-electron chi connectivity index (χ3n) is 5.28. The summed E-state index contributed by atoms with van der Waals surface area (Å²) in [6.45, 7) is 0.223. The van der Waals surface area contributed by atoms with E-state index in [0.717, 1.165) is 33.5 Å². The second kappa shape index (κ2) is 9.87. The Kier molecular flexibility index (Phi) is 6.55. The minimum Gasteiger partial charge on any atom is -0.497 e. The second-order valence-corrected chi connectivity index (χ2v) is 7.39. The number of aromatic amines is 1. The summed E-state index contributed by atoms with van der Waals surface area (Å²) in [5.74, 6) is 1.01. The van der Waals surface area contributed by atoms with Gasteiger partial charge in [-0.3, -0.25) is 9.59 Å². The quantitative estimate of drug-likeness (QED) is 0.376. The first-order valence-corrected chi connectivity index (χ1v) is 10.4. The van der Waals surface area contributed by atoms with Crippen molar-refractivity contribution in [3.63, 3.8) is 0 Å². The molecule has 0 atom stereocenters. The van der Waals surface area contributed by atoms with Gasteiger partial charge in [0, 0.05) is 23.0 Å². The topological polar surface area (TPSA) is 96.4 Å². The van der Waals surface area contributed by atoms with E-state index < -0.39 is 0 Å². The lowest BCUT2D eigenvalue weighted by molar-refractivity contribution is -0.126. The first kappa shape index (κ1) is 21.2. The van der Waals surface area contributed by atoms with Crippen molar-refractivity contribution in [2.75, 3.05) is 13.7 Å². The average Bonchev–Trinajstić information content (AvgIpc) is 3.48. The van der Waals surface area contributed by atoms with Gasteiger partial charge in [0.05, 0.1) is 26.5 Å². The van der Waals surface area contributed by atoms with Gasteiger partial charge in [0.25, 0.3) is 0 Å². The average molecular weight is 431 g/mol. The third kappa shape index (κ3) is 5.00. The van der Waals surface area contributed by atoms with Crippen molar-refractivity contribution in [3.8, 4) is 17.0 Å². The number of aromatic nitrogens is 1. The van der Waals surface area contributed by atoms with Crippen LogP contribution in [-0.4, -0.2) is 30.5 Å². The molecule has 2 aromatic carbocycles. The van der Waals surface area contributed by atoms with Crippen molar-refractivity contribution in [3.05, 3.63) is 78.3 Å². The molecule has 32 heavy (non-hydrogen) atoms. The zero-order valence-corrected chi connectivity index (χ0v) is 17.8. The summed E-state index contributed by atoms with van der Waals surface area (Å²) < 4.78 is 10.4. The Morgan fingerprint density at radius 3 is 2.53 bits per heavy atom. The number of furan rings is 1. The van der Waals surface area contributed by atoms with Crippen LogP contribution in [0.25, 0.3) is 22.2 Å². The third-order valence-corrected chi connectivity index (χ3v) is 5.28. The van der Waals surface area contributed by atoms with Crippen LogP contribution in [0.3, 0.4) is 0 Å². The van der Waals surface area contributed by atoms with E-state index in [4.69, 9.17) is 9.15 Å². The highest BCUT2D eigenvalue weighted by Crippen LogP contribution is 2.32. The van der Waals surface area contributed by atoms with Crippen molar-refractivity contribution in [2.45, 2.75) is 19.4 Å². The first-order valence-electron chi connectivity index (χ1n) is 10.4. The van der Waals surface area contributed by atoms with E-state index in [1.165, 1.54) is 0 Å². The number of hydrogen-bond acceptors (Lipinski definition) is 4. The number of ether oxygens (including phenoxy) is 1. The van der Waals surface area contributed by atoms with E-state index in [0.29, 0.717) is 18.7 Å². The highest BCUT2D eigenvalue weighted by Gasteiger charge is 2.15. The van der Waals surface area contributed by atoms with Gasteiger partial charge in [0.15, 0.2) is 0 Å². The minimum absolute atomic E-state index is 0.0707. The van der Waals surface area contributed by atoms with Crippen LogP contribution < -0.4 is 15.4 Å². The molecule has 7 heteroatoms. The zero-order valence-electron chi connectivity index (χ0n) is 17.8. The zero-order chi connectivity index (χ0) is 22.3. The first-order chi connectivity index (χ1) is 15.6. The highest BCUT2D eigenvalue weighted by molar-refractivity contribution is 5.91. The molecule has 0 spiro atoms. The number of carbonyl (C=O) groups excluding carboxylic acids is 2. The number of fused-ring (bicyclic) bond motifs is 1. The maximum Gasteiger partial charge on any atom is 0.239 e. The Bertz CT molecular complexity index is 1190. The molecule has 0 radical (unpaired) electrons. The molecule has 164 valence electrons. The molecule has 0 bridgehead atoms. The van der Waals surface area contributed by atoms with Gasteiger partial charge >= 0.3 is 0 Å². The summed E-state index contributed by atoms with van der Waals surface area (Å²) >= 11 is 0. The van der Waals surface area contributed by atoms with Crippen LogP contribution in [0.5, 0.6) is 5.75 Å². The van der Waals surface area contributed by atoms with Crippen molar-refractivity contribution >= 4 is 22.7 Å². The standard InChI is InChI=1S/C25H25N3O4/c1-31-18-10-8-17(9-11-18)25-21(20-6-2-3-7-22(20)28-25)12-13-23(29)27-16-24(30)26-15-19-5-4-14-32-19/h2-11,14,28H,12-13,15-16H2,1H3,(H,26,30)(H,27,29). The van der Waals surface area contributed by atoms with Crippen molar-refractivity contribution in [1.29, 1.82) is 0 Å². The van der Waals surface area contributed by atoms with Gasteiger partial charge in [-0.2, -0.15) is 0 Å². The number of nitrogens with one attached hydrogen (secondary N) is 3. The molecule has 0 fully saturated rings. The smallest absolute Gasteiger partial charge is 0.239 e. The SMILES string of the molecule is COc1ccc(-c2[nH]c3ccccc3c2CCC(=O)NCC(=O)NCc2ccco2)cc1. The van der Waals surface area contributed by atoms with E-state index in [2.05, 4.69) is 15.6 Å². The van der Waals surface area contributed by atoms with E-state index in [9.17, 15) is 9.59 Å². The lowest BCUT2D eigenvalue weighted by atomic mass is 10.0. The second-order valence-electron chi connectivity index (χ2n) is 7.39. The number of benzene rings is 2. The number of H-pyrrole nitrogens is 1. The number of para-hydroxylation sites is 1. The van der Waals surface area contributed by atoms with E-state index in [1.807, 2.05) is 48.5 Å². The summed E-state index contributed by atoms with van der Waals surface area (Å²) in [5.41, 5.74) is 4.10. The lowest BCUT2D eigenvalue weighted by Crippen LogP contribution is -2.36. The summed E-state index contributed by atoms with van der Waals surface area (Å²) in [4.78, 5) is 27.8. The Balaban J connectivity index is 1.39. The molecule has 2 amide bonds. The van der Waals surface area contributed by atoms with E-state index in [-0.39, 0.29) is 24.8 Å². The number of amides is 2. The van der Waals surface area contributed by atoms with Gasteiger partial charge in [-0.25, -0.2) is 0 Å². The summed E-state index contributed by atoms with van der Waals surface area (Å²) in [5, 5.41) is 6.49. The van der Waals surface area contributed by atoms with Gasteiger partial charge in [-0.05, 0) is 60.0 Å². The van der Waals surface area contributed by atoms with Crippen LogP contribution in [0, 0.1) is 0 Å². The molecule has 3 N–H and O–H groups in total. The van der Waals surface area contributed by atoms with Gasteiger partial charge in [0.1, 0.15) is 11.5 Å². The minimum atomic E-state index is -0.263. The van der Waals surface area contributed by atoms with Crippen LogP contribution in [-0.2, 0) is 22.6 Å². The number of aryl methyl sites for hydroxylation is 1. The number of methoxy groups -OCH3 is 1. The number of carbonyl (C=O) groups is 2.